The van der Waals surface area contributed by atoms with Crippen molar-refractivity contribution in [1.29, 1.82) is 0 Å². The van der Waals surface area contributed by atoms with Crippen LogP contribution >= 0.6 is 11.6 Å². The minimum atomic E-state index is -0.744. The fraction of sp³-hybridized carbons (Fsp3) is 0.500. The fourth-order valence-electron chi connectivity index (χ4n) is 1.93. The summed E-state index contributed by atoms with van der Waals surface area (Å²) in [4.78, 5) is 11.7. The van der Waals surface area contributed by atoms with Gasteiger partial charge in [0.2, 0.25) is 5.91 Å². The first-order valence-corrected chi connectivity index (χ1v) is 6.64. The zero-order chi connectivity index (χ0) is 15.3. The van der Waals surface area contributed by atoms with Gasteiger partial charge in [0.25, 0.3) is 0 Å². The number of nitrogens with two attached hydrogens (primary N) is 1. The number of methoxy groups -OCH3 is 1. The van der Waals surface area contributed by atoms with Gasteiger partial charge in [-0.3, -0.25) is 4.79 Å². The third-order valence-electron chi connectivity index (χ3n) is 3.03. The van der Waals surface area contributed by atoms with E-state index in [2.05, 4.69) is 5.32 Å². The molecule has 1 atom stereocenters. The number of carbonyl (C=O) groups excluding carboxylic acids is 1. The third kappa shape index (κ3) is 4.16. The molecular formula is C14H20ClFN2O2. The Morgan fingerprint density at radius 2 is 2.20 bits per heavy atom. The van der Waals surface area contributed by atoms with Gasteiger partial charge in [0.15, 0.2) is 0 Å². The highest BCUT2D eigenvalue weighted by molar-refractivity contribution is 6.31. The van der Waals surface area contributed by atoms with Crippen LogP contribution < -0.4 is 11.1 Å². The number of amides is 1. The minimum absolute atomic E-state index is 0.132. The van der Waals surface area contributed by atoms with Gasteiger partial charge in [-0.2, -0.15) is 0 Å². The summed E-state index contributed by atoms with van der Waals surface area (Å²) in [6.45, 7) is 3.97. The Labute approximate surface area is 123 Å². The zero-order valence-electron chi connectivity index (χ0n) is 11.9. The monoisotopic (exact) mass is 302 g/mol. The van der Waals surface area contributed by atoms with Crippen LogP contribution in [0.3, 0.4) is 0 Å². The molecule has 112 valence electrons. The molecule has 3 N–H and O–H groups in total. The molecule has 0 spiro atoms. The van der Waals surface area contributed by atoms with Gasteiger partial charge in [-0.05, 0) is 12.1 Å². The Morgan fingerprint density at radius 1 is 1.55 bits per heavy atom. The topological polar surface area (TPSA) is 64.3 Å². The quantitative estimate of drug-likeness (QED) is 0.843. The molecule has 4 nitrogen and oxygen atoms in total. The van der Waals surface area contributed by atoms with Crippen LogP contribution in [0.1, 0.15) is 19.4 Å². The maximum atomic E-state index is 13.9. The average molecular weight is 303 g/mol. The van der Waals surface area contributed by atoms with Crippen molar-refractivity contribution in [3.63, 3.8) is 0 Å². The van der Waals surface area contributed by atoms with Crippen molar-refractivity contribution in [3.8, 4) is 0 Å². The van der Waals surface area contributed by atoms with Gasteiger partial charge in [0.1, 0.15) is 11.9 Å². The molecule has 0 fully saturated rings. The Balaban J connectivity index is 2.78. The molecule has 0 saturated heterocycles. The van der Waals surface area contributed by atoms with E-state index in [1.165, 1.54) is 13.2 Å². The third-order valence-corrected chi connectivity index (χ3v) is 3.34. The van der Waals surface area contributed by atoms with Crippen molar-refractivity contribution in [2.24, 2.45) is 5.73 Å². The van der Waals surface area contributed by atoms with Crippen LogP contribution in [0.5, 0.6) is 0 Å². The first-order valence-electron chi connectivity index (χ1n) is 6.26. The number of ether oxygens (including phenoxy) is 1. The maximum Gasteiger partial charge on any atom is 0.239 e. The molecule has 0 aliphatic rings. The van der Waals surface area contributed by atoms with Gasteiger partial charge in [-0.25, -0.2) is 4.39 Å². The Morgan fingerprint density at radius 3 is 2.75 bits per heavy atom. The van der Waals surface area contributed by atoms with Crippen LogP contribution in [0.2, 0.25) is 5.02 Å². The summed E-state index contributed by atoms with van der Waals surface area (Å²) >= 11 is 6.04. The van der Waals surface area contributed by atoms with Crippen LogP contribution in [0.4, 0.5) is 4.39 Å². The number of carbonyl (C=O) groups is 1. The summed E-state index contributed by atoms with van der Waals surface area (Å²) in [5.74, 6) is -0.731. The number of hydrogen-bond acceptors (Lipinski definition) is 3. The first kappa shape index (κ1) is 16.9. The van der Waals surface area contributed by atoms with Gasteiger partial charge in [-0.15, -0.1) is 0 Å². The molecule has 1 aromatic carbocycles. The molecule has 0 aliphatic carbocycles. The number of nitrogens with one attached hydrogen (secondary N) is 1. The molecule has 1 rings (SSSR count). The van der Waals surface area contributed by atoms with Crippen molar-refractivity contribution in [2.75, 3.05) is 20.3 Å². The number of halogens is 2. The molecule has 0 saturated carbocycles. The molecule has 0 aromatic heterocycles. The van der Waals surface area contributed by atoms with Crippen molar-refractivity contribution in [3.05, 3.63) is 34.6 Å². The highest BCUT2D eigenvalue weighted by Gasteiger charge is 2.28. The minimum Gasteiger partial charge on any atom is -0.383 e. The van der Waals surface area contributed by atoms with Crippen molar-refractivity contribution in [2.45, 2.75) is 25.3 Å². The van der Waals surface area contributed by atoms with E-state index in [4.69, 9.17) is 22.1 Å². The van der Waals surface area contributed by atoms with E-state index >= 15 is 0 Å². The maximum absolute atomic E-state index is 13.9. The molecule has 20 heavy (non-hydrogen) atoms. The second kappa shape index (κ2) is 7.02. The lowest BCUT2D eigenvalue weighted by Crippen LogP contribution is -2.47. The molecule has 1 unspecified atom stereocenters. The number of benzene rings is 1. The van der Waals surface area contributed by atoms with Gasteiger partial charge in [0.05, 0.1) is 6.61 Å². The van der Waals surface area contributed by atoms with E-state index in [0.29, 0.717) is 10.6 Å². The van der Waals surface area contributed by atoms with Crippen molar-refractivity contribution < 1.29 is 13.9 Å². The Kier molecular flexibility index (Phi) is 5.92. The summed E-state index contributed by atoms with van der Waals surface area (Å²) in [5, 5.41) is 3.03. The number of rotatable bonds is 6. The highest BCUT2D eigenvalue weighted by atomic mass is 35.5. The van der Waals surface area contributed by atoms with Crippen LogP contribution in [0.25, 0.3) is 0 Å². The van der Waals surface area contributed by atoms with E-state index in [1.54, 1.807) is 26.0 Å². The van der Waals surface area contributed by atoms with E-state index < -0.39 is 17.3 Å². The van der Waals surface area contributed by atoms with Crippen molar-refractivity contribution >= 4 is 17.5 Å². The molecule has 1 amide bonds. The molecule has 6 heteroatoms. The molecule has 0 radical (unpaired) electrons. The standard InChI is InChI=1S/C14H20ClFN2O2/c1-14(2,8-18-13(19)11(17)7-20-3)12-9(15)5-4-6-10(12)16/h4-6,11H,7-8,17H2,1-3H3,(H,18,19). The van der Waals surface area contributed by atoms with Gasteiger partial charge in [-0.1, -0.05) is 31.5 Å². The van der Waals surface area contributed by atoms with Gasteiger partial charge >= 0.3 is 0 Å². The van der Waals surface area contributed by atoms with E-state index in [-0.39, 0.29) is 19.1 Å². The molecule has 0 heterocycles. The largest absolute Gasteiger partial charge is 0.383 e. The van der Waals surface area contributed by atoms with Crippen LogP contribution in [-0.2, 0) is 14.9 Å². The lowest BCUT2D eigenvalue weighted by atomic mass is 9.84. The predicted octanol–water partition coefficient (Wildman–Crippen LogP) is 1.85. The number of hydrogen-bond donors (Lipinski definition) is 2. The predicted molar refractivity (Wildman–Crippen MR) is 77.3 cm³/mol. The zero-order valence-corrected chi connectivity index (χ0v) is 12.6. The highest BCUT2D eigenvalue weighted by Crippen LogP contribution is 2.31. The SMILES string of the molecule is COCC(N)C(=O)NCC(C)(C)c1c(F)cccc1Cl. The summed E-state index contributed by atoms with van der Waals surface area (Å²) in [6.07, 6.45) is 0. The van der Waals surface area contributed by atoms with E-state index in [9.17, 15) is 9.18 Å². The smallest absolute Gasteiger partial charge is 0.239 e. The molecule has 0 aliphatic heterocycles. The first-order chi connectivity index (χ1) is 9.29. The second-order valence-corrected chi connectivity index (χ2v) is 5.67. The lowest BCUT2D eigenvalue weighted by Gasteiger charge is -2.27. The van der Waals surface area contributed by atoms with Crippen LogP contribution in [0, 0.1) is 5.82 Å². The van der Waals surface area contributed by atoms with Gasteiger partial charge < -0.3 is 15.8 Å². The molecular weight excluding hydrogens is 283 g/mol. The average Bonchev–Trinajstić information content (AvgIpc) is 2.35. The molecule has 1 aromatic rings. The van der Waals surface area contributed by atoms with Crippen molar-refractivity contribution in [1.82, 2.24) is 5.32 Å². The molecule has 0 bridgehead atoms. The van der Waals surface area contributed by atoms with E-state index in [1.807, 2.05) is 0 Å². The normalized spacial score (nSPS) is 13.1. The van der Waals surface area contributed by atoms with Crippen LogP contribution in [0.15, 0.2) is 18.2 Å². The summed E-state index contributed by atoms with van der Waals surface area (Å²) < 4.78 is 18.7. The van der Waals surface area contributed by atoms with Gasteiger partial charge in [0, 0.05) is 29.7 Å². The Bertz CT molecular complexity index is 460. The fourth-order valence-corrected chi connectivity index (χ4v) is 2.35. The van der Waals surface area contributed by atoms with E-state index in [0.717, 1.165) is 0 Å². The van der Waals surface area contributed by atoms with Crippen LogP contribution in [-0.4, -0.2) is 32.2 Å². The Hall–Kier alpha value is -1.17. The summed E-state index contributed by atoms with van der Waals surface area (Å²) in [6, 6.07) is 3.78. The second-order valence-electron chi connectivity index (χ2n) is 5.26. The lowest BCUT2D eigenvalue weighted by molar-refractivity contribution is -0.123. The summed E-state index contributed by atoms with van der Waals surface area (Å²) in [5.41, 5.74) is 5.35. The summed E-state index contributed by atoms with van der Waals surface area (Å²) in [7, 11) is 1.47.